The molecular formula is C10H10ClN3O3. The maximum atomic E-state index is 11.6. The van der Waals surface area contributed by atoms with Crippen LogP contribution in [-0.4, -0.2) is 24.0 Å². The van der Waals surface area contributed by atoms with Gasteiger partial charge in [0.05, 0.1) is 15.6 Å². The molecule has 1 aromatic carbocycles. The van der Waals surface area contributed by atoms with Crippen LogP contribution < -0.4 is 10.2 Å². The summed E-state index contributed by atoms with van der Waals surface area (Å²) >= 11 is 5.96. The highest BCUT2D eigenvalue weighted by atomic mass is 35.5. The van der Waals surface area contributed by atoms with E-state index in [1.807, 2.05) is 0 Å². The predicted molar refractivity (Wildman–Crippen MR) is 63.5 cm³/mol. The number of hydrogen-bond donors (Lipinski definition) is 1. The summed E-state index contributed by atoms with van der Waals surface area (Å²) in [5, 5.41) is 13.7. The van der Waals surface area contributed by atoms with Gasteiger partial charge < -0.3 is 5.32 Å². The maximum absolute atomic E-state index is 11.6. The Kier molecular flexibility index (Phi) is 3.14. The number of amides is 2. The van der Waals surface area contributed by atoms with Gasteiger partial charge in [0.1, 0.15) is 0 Å². The first-order valence-electron chi connectivity index (χ1n) is 5.09. The zero-order valence-electron chi connectivity index (χ0n) is 8.85. The van der Waals surface area contributed by atoms with E-state index in [1.54, 1.807) is 0 Å². The van der Waals surface area contributed by atoms with Gasteiger partial charge in [0.25, 0.3) is 5.69 Å². The van der Waals surface area contributed by atoms with Crippen LogP contribution in [0.25, 0.3) is 0 Å². The van der Waals surface area contributed by atoms with Gasteiger partial charge in [-0.25, -0.2) is 4.79 Å². The molecule has 0 bridgehead atoms. The summed E-state index contributed by atoms with van der Waals surface area (Å²) in [6.07, 6.45) is 0.783. The molecule has 1 fully saturated rings. The van der Waals surface area contributed by atoms with Crippen molar-refractivity contribution in [2.24, 2.45) is 0 Å². The third-order valence-corrected chi connectivity index (χ3v) is 2.83. The lowest BCUT2D eigenvalue weighted by Crippen LogP contribution is -2.46. The minimum Gasteiger partial charge on any atom is -0.338 e. The molecule has 0 radical (unpaired) electrons. The standard InChI is InChI=1S/C10H10ClN3O3/c11-8-3-2-7(14(16)17)6-9(8)13-5-1-4-12-10(13)15/h2-3,6H,1,4-5H2,(H,12,15). The fourth-order valence-corrected chi connectivity index (χ4v) is 1.90. The van der Waals surface area contributed by atoms with E-state index in [1.165, 1.54) is 23.1 Å². The SMILES string of the molecule is O=C1NCCCN1c1cc([N+](=O)[O-])ccc1Cl. The van der Waals surface area contributed by atoms with E-state index >= 15 is 0 Å². The zero-order chi connectivity index (χ0) is 12.4. The molecule has 1 saturated heterocycles. The lowest BCUT2D eigenvalue weighted by atomic mass is 10.2. The Morgan fingerprint density at radius 1 is 1.47 bits per heavy atom. The monoisotopic (exact) mass is 255 g/mol. The van der Waals surface area contributed by atoms with Gasteiger partial charge >= 0.3 is 6.03 Å². The van der Waals surface area contributed by atoms with Crippen LogP contribution in [0.2, 0.25) is 5.02 Å². The van der Waals surface area contributed by atoms with Gasteiger partial charge in [-0.3, -0.25) is 15.0 Å². The van der Waals surface area contributed by atoms with Crippen molar-refractivity contribution in [3.63, 3.8) is 0 Å². The second-order valence-corrected chi connectivity index (χ2v) is 4.04. The molecule has 1 heterocycles. The number of nitrogens with zero attached hydrogens (tertiary/aromatic N) is 2. The summed E-state index contributed by atoms with van der Waals surface area (Å²) in [6, 6.07) is 3.77. The Morgan fingerprint density at radius 2 is 2.24 bits per heavy atom. The van der Waals surface area contributed by atoms with Crippen LogP contribution >= 0.6 is 11.6 Å². The minimum atomic E-state index is -0.512. The van der Waals surface area contributed by atoms with Crippen LogP contribution in [0.15, 0.2) is 18.2 Å². The van der Waals surface area contributed by atoms with Crippen molar-refractivity contribution in [3.05, 3.63) is 33.3 Å². The molecule has 1 aliphatic heterocycles. The topological polar surface area (TPSA) is 75.5 Å². The van der Waals surface area contributed by atoms with E-state index in [0.29, 0.717) is 23.8 Å². The van der Waals surface area contributed by atoms with Crippen LogP contribution in [0.1, 0.15) is 6.42 Å². The second-order valence-electron chi connectivity index (χ2n) is 3.63. The first-order chi connectivity index (χ1) is 8.09. The average Bonchev–Trinajstić information content (AvgIpc) is 2.30. The number of hydrogen-bond acceptors (Lipinski definition) is 3. The molecule has 7 heteroatoms. The predicted octanol–water partition coefficient (Wildman–Crippen LogP) is 2.17. The van der Waals surface area contributed by atoms with Crippen molar-refractivity contribution < 1.29 is 9.72 Å². The maximum Gasteiger partial charge on any atom is 0.321 e. The summed E-state index contributed by atoms with van der Waals surface area (Å²) in [5.74, 6) is 0. The van der Waals surface area contributed by atoms with Gasteiger partial charge in [-0.1, -0.05) is 11.6 Å². The highest BCUT2D eigenvalue weighted by molar-refractivity contribution is 6.33. The molecule has 1 N–H and O–H groups in total. The van der Waals surface area contributed by atoms with Crippen molar-refractivity contribution in [2.75, 3.05) is 18.0 Å². The van der Waals surface area contributed by atoms with Crippen molar-refractivity contribution >= 4 is 29.0 Å². The summed E-state index contributed by atoms with van der Waals surface area (Å²) in [6.45, 7) is 1.12. The largest absolute Gasteiger partial charge is 0.338 e. The second kappa shape index (κ2) is 4.58. The van der Waals surface area contributed by atoms with Crippen LogP contribution in [0, 0.1) is 10.1 Å². The number of nitro benzene ring substituents is 1. The summed E-state index contributed by atoms with van der Waals surface area (Å²) in [5.41, 5.74) is 0.292. The molecule has 2 amide bonds. The Bertz CT molecular complexity index is 478. The van der Waals surface area contributed by atoms with Crippen molar-refractivity contribution in [3.8, 4) is 0 Å². The van der Waals surface area contributed by atoms with Gasteiger partial charge in [0.2, 0.25) is 0 Å². The number of non-ortho nitro benzene ring substituents is 1. The van der Waals surface area contributed by atoms with Gasteiger partial charge in [0.15, 0.2) is 0 Å². The highest BCUT2D eigenvalue weighted by Gasteiger charge is 2.23. The third-order valence-electron chi connectivity index (χ3n) is 2.51. The van der Waals surface area contributed by atoms with Crippen molar-refractivity contribution in [2.45, 2.75) is 6.42 Å². The van der Waals surface area contributed by atoms with Crippen LogP contribution in [0.4, 0.5) is 16.2 Å². The minimum absolute atomic E-state index is 0.0808. The first-order valence-corrected chi connectivity index (χ1v) is 5.46. The number of benzene rings is 1. The van der Waals surface area contributed by atoms with Gasteiger partial charge in [0, 0.05) is 25.2 Å². The molecule has 1 aliphatic rings. The molecule has 17 heavy (non-hydrogen) atoms. The number of nitrogens with one attached hydrogen (secondary N) is 1. The number of urea groups is 1. The van der Waals surface area contributed by atoms with Crippen LogP contribution in [0.5, 0.6) is 0 Å². The molecule has 0 atom stereocenters. The quantitative estimate of drug-likeness (QED) is 0.650. The van der Waals surface area contributed by atoms with Crippen LogP contribution in [-0.2, 0) is 0 Å². The number of anilines is 1. The highest BCUT2D eigenvalue weighted by Crippen LogP contribution is 2.30. The lowest BCUT2D eigenvalue weighted by Gasteiger charge is -2.27. The van der Waals surface area contributed by atoms with E-state index in [-0.39, 0.29) is 11.7 Å². The van der Waals surface area contributed by atoms with E-state index in [9.17, 15) is 14.9 Å². The lowest BCUT2D eigenvalue weighted by molar-refractivity contribution is -0.384. The van der Waals surface area contributed by atoms with Crippen molar-refractivity contribution in [1.82, 2.24) is 5.32 Å². The molecular weight excluding hydrogens is 246 g/mol. The molecule has 0 unspecified atom stereocenters. The average molecular weight is 256 g/mol. The number of halogens is 1. The fourth-order valence-electron chi connectivity index (χ4n) is 1.68. The molecule has 90 valence electrons. The van der Waals surface area contributed by atoms with E-state index in [0.717, 1.165) is 6.42 Å². The van der Waals surface area contributed by atoms with E-state index in [2.05, 4.69) is 5.32 Å². The Hall–Kier alpha value is -1.82. The number of carbonyl (C=O) groups is 1. The molecule has 1 aromatic rings. The molecule has 0 aliphatic carbocycles. The summed E-state index contributed by atoms with van der Waals surface area (Å²) in [4.78, 5) is 23.2. The first kappa shape index (κ1) is 11.7. The smallest absolute Gasteiger partial charge is 0.321 e. The fraction of sp³-hybridized carbons (Fsp3) is 0.300. The van der Waals surface area contributed by atoms with Crippen molar-refractivity contribution in [1.29, 1.82) is 0 Å². The molecule has 2 rings (SSSR count). The number of nitro groups is 1. The van der Waals surface area contributed by atoms with Crippen LogP contribution in [0.3, 0.4) is 0 Å². The molecule has 0 aromatic heterocycles. The zero-order valence-corrected chi connectivity index (χ0v) is 9.61. The Balaban J connectivity index is 2.39. The normalized spacial score (nSPS) is 15.6. The number of rotatable bonds is 2. The number of carbonyl (C=O) groups excluding carboxylic acids is 1. The van der Waals surface area contributed by atoms with Gasteiger partial charge in [-0.05, 0) is 12.5 Å². The molecule has 0 spiro atoms. The third kappa shape index (κ3) is 2.31. The Morgan fingerprint density at radius 3 is 2.88 bits per heavy atom. The van der Waals surface area contributed by atoms with Gasteiger partial charge in [-0.15, -0.1) is 0 Å². The van der Waals surface area contributed by atoms with Gasteiger partial charge in [-0.2, -0.15) is 0 Å². The summed E-state index contributed by atoms with van der Waals surface area (Å²) < 4.78 is 0. The molecule has 6 nitrogen and oxygen atoms in total. The summed E-state index contributed by atoms with van der Waals surface area (Å²) in [7, 11) is 0. The Labute approximate surface area is 102 Å². The molecule has 0 saturated carbocycles. The van der Waals surface area contributed by atoms with E-state index in [4.69, 9.17) is 11.6 Å². The van der Waals surface area contributed by atoms with E-state index < -0.39 is 4.92 Å².